The molecule has 5 nitrogen and oxygen atoms in total. The van der Waals surface area contributed by atoms with Crippen LogP contribution in [0.1, 0.15) is 5.56 Å². The monoisotopic (exact) mass is 358 g/mol. The van der Waals surface area contributed by atoms with Crippen molar-refractivity contribution in [2.45, 2.75) is 11.8 Å². The molecule has 0 radical (unpaired) electrons. The second kappa shape index (κ2) is 7.02. The highest BCUT2D eigenvalue weighted by molar-refractivity contribution is 7.89. The van der Waals surface area contributed by atoms with E-state index in [1.165, 1.54) is 12.1 Å². The van der Waals surface area contributed by atoms with Gasteiger partial charge < -0.3 is 5.32 Å². The summed E-state index contributed by atoms with van der Waals surface area (Å²) in [6.45, 7) is 1.09. The Morgan fingerprint density at radius 2 is 1.62 bits per heavy atom. The minimum absolute atomic E-state index is 0.0418. The van der Waals surface area contributed by atoms with Crippen LogP contribution < -0.4 is 10.0 Å². The molecule has 0 saturated heterocycles. The molecule has 0 aromatic heterocycles. The largest absolute Gasteiger partial charge is 0.322 e. The van der Waals surface area contributed by atoms with Crippen LogP contribution in [0.4, 0.5) is 18.9 Å². The quantitative estimate of drug-likeness (QED) is 0.806. The minimum atomic E-state index is -3.93. The molecular formula is C15H13F3N2O3S. The molecule has 0 fully saturated rings. The SMILES string of the molecule is Cc1ccc(S(=O)(=O)NCC(=O)Nc2ccc(F)c(F)c2F)cc1. The number of carbonyl (C=O) groups excluding carboxylic acids is 1. The van der Waals surface area contributed by atoms with Crippen molar-refractivity contribution in [2.75, 3.05) is 11.9 Å². The number of rotatable bonds is 5. The number of amides is 1. The Balaban J connectivity index is 2.03. The Kier molecular flexibility index (Phi) is 5.25. The van der Waals surface area contributed by atoms with Gasteiger partial charge in [-0.2, -0.15) is 0 Å². The minimum Gasteiger partial charge on any atom is -0.322 e. The standard InChI is InChI=1S/C15H13F3N2O3S/c1-9-2-4-10(5-3-9)24(22,23)19-8-13(21)20-12-7-6-11(16)14(17)15(12)18/h2-7,19H,8H2,1H3,(H,20,21). The van der Waals surface area contributed by atoms with Crippen molar-refractivity contribution in [1.82, 2.24) is 4.72 Å². The number of anilines is 1. The molecule has 0 heterocycles. The smallest absolute Gasteiger partial charge is 0.241 e. The third-order valence-corrected chi connectivity index (χ3v) is 4.48. The summed E-state index contributed by atoms with van der Waals surface area (Å²) < 4.78 is 65.3. The van der Waals surface area contributed by atoms with E-state index in [4.69, 9.17) is 0 Å². The van der Waals surface area contributed by atoms with E-state index in [1.807, 2.05) is 10.0 Å². The molecule has 2 aromatic rings. The Bertz CT molecular complexity index is 868. The summed E-state index contributed by atoms with van der Waals surface area (Å²) in [6, 6.07) is 7.39. The maximum atomic E-state index is 13.4. The lowest BCUT2D eigenvalue weighted by Gasteiger charge is -2.09. The van der Waals surface area contributed by atoms with Crippen molar-refractivity contribution < 1.29 is 26.4 Å². The van der Waals surface area contributed by atoms with Crippen molar-refractivity contribution in [3.63, 3.8) is 0 Å². The van der Waals surface area contributed by atoms with Gasteiger partial charge >= 0.3 is 0 Å². The Morgan fingerprint density at radius 1 is 1.00 bits per heavy atom. The van der Waals surface area contributed by atoms with Gasteiger partial charge in [-0.25, -0.2) is 26.3 Å². The van der Waals surface area contributed by atoms with Crippen molar-refractivity contribution in [3.8, 4) is 0 Å². The zero-order chi connectivity index (χ0) is 17.9. The molecule has 0 bridgehead atoms. The molecule has 128 valence electrons. The number of sulfonamides is 1. The highest BCUT2D eigenvalue weighted by atomic mass is 32.2. The van der Waals surface area contributed by atoms with Crippen molar-refractivity contribution in [2.24, 2.45) is 0 Å². The molecule has 0 atom stereocenters. The predicted molar refractivity (Wildman–Crippen MR) is 81.3 cm³/mol. The van der Waals surface area contributed by atoms with Gasteiger partial charge in [0, 0.05) is 0 Å². The Hall–Kier alpha value is -2.39. The molecule has 0 saturated carbocycles. The lowest BCUT2D eigenvalue weighted by Crippen LogP contribution is -2.33. The molecule has 0 aliphatic carbocycles. The topological polar surface area (TPSA) is 75.3 Å². The van der Waals surface area contributed by atoms with E-state index >= 15 is 0 Å². The third-order valence-electron chi connectivity index (χ3n) is 3.06. The lowest BCUT2D eigenvalue weighted by atomic mass is 10.2. The lowest BCUT2D eigenvalue weighted by molar-refractivity contribution is -0.115. The summed E-state index contributed by atoms with van der Waals surface area (Å²) in [6.07, 6.45) is 0. The summed E-state index contributed by atoms with van der Waals surface area (Å²) in [5.74, 6) is -5.63. The summed E-state index contributed by atoms with van der Waals surface area (Å²) >= 11 is 0. The molecule has 24 heavy (non-hydrogen) atoms. The van der Waals surface area contributed by atoms with Gasteiger partial charge in [-0.05, 0) is 31.2 Å². The average molecular weight is 358 g/mol. The van der Waals surface area contributed by atoms with Crippen LogP contribution in [0.2, 0.25) is 0 Å². The van der Waals surface area contributed by atoms with E-state index in [2.05, 4.69) is 0 Å². The fourth-order valence-electron chi connectivity index (χ4n) is 1.78. The summed E-state index contributed by atoms with van der Waals surface area (Å²) in [5.41, 5.74) is 0.272. The van der Waals surface area contributed by atoms with Crippen LogP contribution >= 0.6 is 0 Å². The third kappa shape index (κ3) is 4.12. The molecular weight excluding hydrogens is 345 g/mol. The molecule has 0 unspecified atom stereocenters. The highest BCUT2D eigenvalue weighted by Gasteiger charge is 2.18. The second-order valence-corrected chi connectivity index (χ2v) is 6.68. The van der Waals surface area contributed by atoms with Gasteiger partial charge in [0.25, 0.3) is 0 Å². The number of aryl methyl sites for hydroxylation is 1. The molecule has 0 aliphatic heterocycles. The number of carbonyl (C=O) groups is 1. The van der Waals surface area contributed by atoms with Crippen LogP contribution in [0.15, 0.2) is 41.3 Å². The Morgan fingerprint density at radius 3 is 2.25 bits per heavy atom. The molecule has 2 rings (SSSR count). The highest BCUT2D eigenvalue weighted by Crippen LogP contribution is 2.19. The first-order valence-electron chi connectivity index (χ1n) is 6.70. The maximum Gasteiger partial charge on any atom is 0.241 e. The van der Waals surface area contributed by atoms with Gasteiger partial charge in [0.15, 0.2) is 17.5 Å². The molecule has 0 spiro atoms. The van der Waals surface area contributed by atoms with E-state index in [0.29, 0.717) is 6.07 Å². The number of hydrogen-bond donors (Lipinski definition) is 2. The number of benzene rings is 2. The van der Waals surface area contributed by atoms with Crippen LogP contribution in [0, 0.1) is 24.4 Å². The van der Waals surface area contributed by atoms with Crippen LogP contribution in [0.25, 0.3) is 0 Å². The van der Waals surface area contributed by atoms with E-state index in [9.17, 15) is 26.4 Å². The second-order valence-electron chi connectivity index (χ2n) is 4.91. The Labute approximate surface area is 136 Å². The van der Waals surface area contributed by atoms with Crippen LogP contribution in [0.5, 0.6) is 0 Å². The van der Waals surface area contributed by atoms with E-state index in [0.717, 1.165) is 11.6 Å². The van der Waals surface area contributed by atoms with Gasteiger partial charge in [0.2, 0.25) is 15.9 Å². The molecule has 2 N–H and O–H groups in total. The van der Waals surface area contributed by atoms with Crippen molar-refractivity contribution in [3.05, 3.63) is 59.4 Å². The van der Waals surface area contributed by atoms with Gasteiger partial charge in [-0.3, -0.25) is 4.79 Å². The summed E-state index contributed by atoms with van der Waals surface area (Å²) in [4.78, 5) is 11.6. The van der Waals surface area contributed by atoms with Gasteiger partial charge in [-0.15, -0.1) is 0 Å². The van der Waals surface area contributed by atoms with Gasteiger partial charge in [0.05, 0.1) is 17.1 Å². The summed E-state index contributed by atoms with van der Waals surface area (Å²) in [5, 5.41) is 1.96. The van der Waals surface area contributed by atoms with Crippen LogP contribution in [-0.2, 0) is 14.8 Å². The average Bonchev–Trinajstić information content (AvgIpc) is 2.54. The van der Waals surface area contributed by atoms with Crippen LogP contribution in [0.3, 0.4) is 0 Å². The summed E-state index contributed by atoms with van der Waals surface area (Å²) in [7, 11) is -3.93. The van der Waals surface area contributed by atoms with E-state index < -0.39 is 45.6 Å². The van der Waals surface area contributed by atoms with Crippen molar-refractivity contribution in [1.29, 1.82) is 0 Å². The zero-order valence-electron chi connectivity index (χ0n) is 12.4. The van der Waals surface area contributed by atoms with E-state index in [1.54, 1.807) is 19.1 Å². The van der Waals surface area contributed by atoms with Crippen LogP contribution in [-0.4, -0.2) is 20.9 Å². The normalized spacial score (nSPS) is 11.3. The zero-order valence-corrected chi connectivity index (χ0v) is 13.3. The molecule has 0 aliphatic rings. The molecule has 1 amide bonds. The van der Waals surface area contributed by atoms with Gasteiger partial charge in [-0.1, -0.05) is 17.7 Å². The van der Waals surface area contributed by atoms with Crippen molar-refractivity contribution >= 4 is 21.6 Å². The molecule has 9 heteroatoms. The first-order chi connectivity index (χ1) is 11.2. The van der Waals surface area contributed by atoms with E-state index in [-0.39, 0.29) is 4.90 Å². The first-order valence-corrected chi connectivity index (χ1v) is 8.18. The maximum absolute atomic E-state index is 13.4. The predicted octanol–water partition coefficient (Wildman–Crippen LogP) is 2.33. The number of nitrogens with one attached hydrogen (secondary N) is 2. The molecule has 2 aromatic carbocycles. The fraction of sp³-hybridized carbons (Fsp3) is 0.133. The number of hydrogen-bond acceptors (Lipinski definition) is 3. The fourth-order valence-corrected chi connectivity index (χ4v) is 2.76. The number of halogens is 3. The van der Waals surface area contributed by atoms with Gasteiger partial charge in [0.1, 0.15) is 0 Å². The first kappa shape index (κ1) is 18.0.